The molecule has 2 aromatic rings. The zero-order valence-corrected chi connectivity index (χ0v) is 21.9. The van der Waals surface area contributed by atoms with Crippen molar-refractivity contribution in [1.29, 1.82) is 0 Å². The van der Waals surface area contributed by atoms with Gasteiger partial charge in [0, 0.05) is 24.5 Å². The molecule has 12 nitrogen and oxygen atoms in total. The van der Waals surface area contributed by atoms with Crippen molar-refractivity contribution in [2.75, 3.05) is 43.9 Å². The summed E-state index contributed by atoms with van der Waals surface area (Å²) in [6.07, 6.45) is 0. The number of carbonyl (C=O) groups excluding carboxylic acids is 2. The van der Waals surface area contributed by atoms with Gasteiger partial charge in [0.05, 0.1) is 18.0 Å². The zero-order valence-electron chi connectivity index (χ0n) is 21.1. The van der Waals surface area contributed by atoms with Gasteiger partial charge in [-0.2, -0.15) is 4.31 Å². The molecule has 4 N–H and O–H groups in total. The number of carboxylic acids is 2. The third kappa shape index (κ3) is 10.8. The Morgan fingerprint density at radius 2 is 1.14 bits per heavy atom. The minimum Gasteiger partial charge on any atom is -0.473 e. The van der Waals surface area contributed by atoms with Crippen LogP contribution in [0.1, 0.15) is 19.4 Å². The maximum atomic E-state index is 12.5. The van der Waals surface area contributed by atoms with E-state index in [1.807, 2.05) is 31.2 Å². The van der Waals surface area contributed by atoms with Gasteiger partial charge in [0.1, 0.15) is 0 Å². The van der Waals surface area contributed by atoms with Crippen molar-refractivity contribution in [1.82, 2.24) is 9.21 Å². The second-order valence-corrected chi connectivity index (χ2v) is 9.80. The molecule has 0 atom stereocenters. The van der Waals surface area contributed by atoms with Gasteiger partial charge in [-0.3, -0.25) is 14.5 Å². The number of likely N-dealkylation sites (N-methyl/N-ethyl adjacent to an activating group) is 1. The van der Waals surface area contributed by atoms with E-state index >= 15 is 0 Å². The van der Waals surface area contributed by atoms with Gasteiger partial charge in [-0.25, -0.2) is 18.0 Å². The molecule has 0 heterocycles. The summed E-state index contributed by atoms with van der Waals surface area (Å²) in [4.78, 5) is 44.4. The van der Waals surface area contributed by atoms with E-state index in [0.29, 0.717) is 24.5 Å². The SMILES string of the molecule is CCN(CC)S(=O)(=O)c1ccc(NC(=O)CN(C)CC(=O)Nc2ccc(C)cc2)cc1.O=C(O)C(=O)O. The number of aliphatic carboxylic acids is 2. The van der Waals surface area contributed by atoms with Gasteiger partial charge >= 0.3 is 11.9 Å². The van der Waals surface area contributed by atoms with Crippen LogP contribution < -0.4 is 10.6 Å². The molecule has 37 heavy (non-hydrogen) atoms. The molecule has 0 aliphatic rings. The van der Waals surface area contributed by atoms with Crippen LogP contribution in [0, 0.1) is 6.92 Å². The Hall–Kier alpha value is -3.81. The number of nitrogens with zero attached hydrogens (tertiary/aromatic N) is 2. The summed E-state index contributed by atoms with van der Waals surface area (Å²) in [5.74, 6) is -4.17. The van der Waals surface area contributed by atoms with Crippen molar-refractivity contribution < 1.29 is 37.8 Å². The molecular formula is C24H32N4O8S. The summed E-state index contributed by atoms with van der Waals surface area (Å²) < 4.78 is 26.4. The lowest BCUT2D eigenvalue weighted by molar-refractivity contribution is -0.159. The van der Waals surface area contributed by atoms with Crippen LogP contribution in [0.5, 0.6) is 0 Å². The van der Waals surface area contributed by atoms with E-state index in [9.17, 15) is 18.0 Å². The van der Waals surface area contributed by atoms with Gasteiger partial charge in [0.15, 0.2) is 0 Å². The Morgan fingerprint density at radius 1 is 0.757 bits per heavy atom. The molecule has 0 aliphatic carbocycles. The van der Waals surface area contributed by atoms with Crippen molar-refractivity contribution in [3.8, 4) is 0 Å². The third-order valence-electron chi connectivity index (χ3n) is 4.83. The van der Waals surface area contributed by atoms with E-state index in [0.717, 1.165) is 5.56 Å². The molecule has 0 saturated heterocycles. The highest BCUT2D eigenvalue weighted by molar-refractivity contribution is 7.89. The highest BCUT2D eigenvalue weighted by Gasteiger charge is 2.21. The molecule has 202 valence electrons. The summed E-state index contributed by atoms with van der Waals surface area (Å²) >= 11 is 0. The van der Waals surface area contributed by atoms with Crippen LogP contribution in [-0.4, -0.2) is 84.8 Å². The lowest BCUT2D eigenvalue weighted by Gasteiger charge is -2.19. The largest absolute Gasteiger partial charge is 0.473 e. The predicted octanol–water partition coefficient (Wildman–Crippen LogP) is 1.69. The number of rotatable bonds is 10. The molecule has 0 fully saturated rings. The molecule has 0 bridgehead atoms. The normalized spacial score (nSPS) is 10.9. The minimum absolute atomic E-state index is 0.0147. The van der Waals surface area contributed by atoms with Crippen LogP contribution in [0.4, 0.5) is 11.4 Å². The number of amides is 2. The molecule has 13 heteroatoms. The van der Waals surface area contributed by atoms with Crippen molar-refractivity contribution in [2.45, 2.75) is 25.7 Å². The standard InChI is InChI=1S/C22H30N4O4S.C2H2O4/c1-5-26(6-2)31(29,30)20-13-11-19(12-14-20)24-22(28)16-25(4)15-21(27)23-18-9-7-17(3)8-10-18;3-1(4)2(5)6/h7-14H,5-6,15-16H2,1-4H3,(H,23,27)(H,24,28);(H,3,4)(H,5,6). The molecule has 0 aliphatic heterocycles. The van der Waals surface area contributed by atoms with E-state index in [2.05, 4.69) is 10.6 Å². The van der Waals surface area contributed by atoms with E-state index < -0.39 is 22.0 Å². The van der Waals surface area contributed by atoms with Gasteiger partial charge < -0.3 is 20.8 Å². The number of carbonyl (C=O) groups is 4. The Bertz CT molecular complexity index is 1170. The average molecular weight is 537 g/mol. The lowest BCUT2D eigenvalue weighted by atomic mass is 10.2. The molecule has 0 radical (unpaired) electrons. The van der Waals surface area contributed by atoms with Crippen molar-refractivity contribution in [3.63, 3.8) is 0 Å². The molecule has 0 unspecified atom stereocenters. The Labute approximate surface area is 215 Å². The fraction of sp³-hybridized carbons (Fsp3) is 0.333. The molecule has 0 aromatic heterocycles. The van der Waals surface area contributed by atoms with Crippen LogP contribution in [0.2, 0.25) is 0 Å². The number of benzene rings is 2. The first kappa shape index (κ1) is 31.2. The predicted molar refractivity (Wildman–Crippen MR) is 138 cm³/mol. The number of anilines is 2. The first-order valence-corrected chi connectivity index (χ1v) is 12.6. The summed E-state index contributed by atoms with van der Waals surface area (Å²) in [5, 5.41) is 20.3. The second kappa shape index (κ2) is 14.7. The van der Waals surface area contributed by atoms with Crippen LogP contribution in [0.25, 0.3) is 0 Å². The Balaban J connectivity index is 0.00000102. The Kier molecular flexibility index (Phi) is 12.4. The van der Waals surface area contributed by atoms with Gasteiger partial charge in [0.25, 0.3) is 0 Å². The van der Waals surface area contributed by atoms with Crippen LogP contribution in [0.15, 0.2) is 53.4 Å². The lowest BCUT2D eigenvalue weighted by Crippen LogP contribution is -2.36. The number of hydrogen-bond donors (Lipinski definition) is 4. The number of hydrogen-bond acceptors (Lipinski definition) is 7. The van der Waals surface area contributed by atoms with Crippen LogP contribution in [-0.2, 0) is 29.2 Å². The van der Waals surface area contributed by atoms with E-state index in [-0.39, 0.29) is 29.8 Å². The third-order valence-corrected chi connectivity index (χ3v) is 6.89. The summed E-state index contributed by atoms with van der Waals surface area (Å²) in [7, 11) is -1.86. The maximum absolute atomic E-state index is 12.5. The topological polar surface area (TPSA) is 173 Å². The average Bonchev–Trinajstić information content (AvgIpc) is 2.81. The number of nitrogens with one attached hydrogen (secondary N) is 2. The highest BCUT2D eigenvalue weighted by Crippen LogP contribution is 2.18. The maximum Gasteiger partial charge on any atom is 0.414 e. The molecule has 0 saturated carbocycles. The molecule has 2 amide bonds. The van der Waals surface area contributed by atoms with Gasteiger partial charge in [-0.15, -0.1) is 0 Å². The van der Waals surface area contributed by atoms with E-state index in [1.54, 1.807) is 37.9 Å². The fourth-order valence-corrected chi connectivity index (χ4v) is 4.46. The summed E-state index contributed by atoms with van der Waals surface area (Å²) in [5.41, 5.74) is 2.29. The van der Waals surface area contributed by atoms with Crippen molar-refractivity contribution in [3.05, 3.63) is 54.1 Å². The zero-order chi connectivity index (χ0) is 28.2. The Morgan fingerprint density at radius 3 is 1.49 bits per heavy atom. The monoisotopic (exact) mass is 536 g/mol. The molecule has 0 spiro atoms. The van der Waals surface area contributed by atoms with Gasteiger partial charge in [0.2, 0.25) is 21.8 Å². The summed E-state index contributed by atoms with van der Waals surface area (Å²) in [6, 6.07) is 13.5. The minimum atomic E-state index is -3.54. The quantitative estimate of drug-likeness (QED) is 0.330. The second-order valence-electron chi connectivity index (χ2n) is 7.86. The number of aryl methyl sites for hydroxylation is 1. The van der Waals surface area contributed by atoms with Gasteiger partial charge in [-0.05, 0) is 50.4 Å². The first-order chi connectivity index (χ1) is 17.3. The van der Waals surface area contributed by atoms with E-state index in [4.69, 9.17) is 19.8 Å². The van der Waals surface area contributed by atoms with Crippen LogP contribution >= 0.6 is 0 Å². The first-order valence-electron chi connectivity index (χ1n) is 11.2. The summed E-state index contributed by atoms with van der Waals surface area (Å²) in [6.45, 7) is 6.39. The number of sulfonamides is 1. The molecule has 2 aromatic carbocycles. The van der Waals surface area contributed by atoms with Crippen molar-refractivity contribution >= 4 is 45.2 Å². The van der Waals surface area contributed by atoms with Crippen LogP contribution in [0.3, 0.4) is 0 Å². The fourth-order valence-electron chi connectivity index (χ4n) is 3.01. The smallest absolute Gasteiger partial charge is 0.414 e. The molecule has 2 rings (SSSR count). The highest BCUT2D eigenvalue weighted by atomic mass is 32.2. The molecular weight excluding hydrogens is 504 g/mol. The van der Waals surface area contributed by atoms with Crippen molar-refractivity contribution in [2.24, 2.45) is 0 Å². The number of carboxylic acid groups (broad SMARTS) is 2. The van der Waals surface area contributed by atoms with Gasteiger partial charge in [-0.1, -0.05) is 31.5 Å². The van der Waals surface area contributed by atoms with E-state index in [1.165, 1.54) is 16.4 Å².